The highest BCUT2D eigenvalue weighted by Gasteiger charge is 2.15. The number of carbonyl (C=O) groups excluding carboxylic acids is 1. The molecule has 3 rings (SSSR count). The van der Waals surface area contributed by atoms with E-state index in [1.165, 1.54) is 12.3 Å². The molecule has 0 saturated heterocycles. The van der Waals surface area contributed by atoms with Crippen LogP contribution in [-0.2, 0) is 29.0 Å². The molecule has 5 N–H and O–H groups in total. The van der Waals surface area contributed by atoms with E-state index in [0.29, 0.717) is 39.1 Å². The number of ether oxygens (including phenoxy) is 1. The number of nitrogens with zero attached hydrogens (tertiary/aromatic N) is 1. The number of carboxylic acid groups (broad SMARTS) is 1. The Bertz CT molecular complexity index is 1300. The molecular weight excluding hydrogens is 449 g/mol. The maximum atomic E-state index is 15.3. The number of carboxylic acids is 1. The van der Waals surface area contributed by atoms with Gasteiger partial charge in [0.05, 0.1) is 12.8 Å². The van der Waals surface area contributed by atoms with Gasteiger partial charge in [-0.3, -0.25) is 14.6 Å². The van der Waals surface area contributed by atoms with Gasteiger partial charge in [0.15, 0.2) is 0 Å². The lowest BCUT2D eigenvalue weighted by molar-refractivity contribution is -0.136. The second-order valence-electron chi connectivity index (χ2n) is 7.82. The van der Waals surface area contributed by atoms with E-state index in [-0.39, 0.29) is 25.0 Å². The minimum absolute atomic E-state index is 0.0984. The summed E-state index contributed by atoms with van der Waals surface area (Å²) in [5.74, 6) is -1.68. The molecule has 35 heavy (non-hydrogen) atoms. The number of aliphatic carboxylic acids is 1. The first-order valence-electron chi connectivity index (χ1n) is 10.8. The van der Waals surface area contributed by atoms with E-state index in [1.807, 2.05) is 6.07 Å². The van der Waals surface area contributed by atoms with Gasteiger partial charge in [0.25, 0.3) is 0 Å². The van der Waals surface area contributed by atoms with E-state index in [1.54, 1.807) is 61.8 Å². The van der Waals surface area contributed by atoms with Crippen molar-refractivity contribution in [1.29, 1.82) is 0 Å². The second-order valence-corrected chi connectivity index (χ2v) is 7.82. The molecule has 0 fully saturated rings. The van der Waals surface area contributed by atoms with Crippen molar-refractivity contribution in [2.75, 3.05) is 7.05 Å². The zero-order valence-electron chi connectivity index (χ0n) is 19.2. The summed E-state index contributed by atoms with van der Waals surface area (Å²) in [6, 6.07) is 17.1. The van der Waals surface area contributed by atoms with Crippen LogP contribution in [0.4, 0.5) is 4.39 Å². The van der Waals surface area contributed by atoms with E-state index in [4.69, 9.17) is 21.3 Å². The van der Waals surface area contributed by atoms with Crippen LogP contribution in [0, 0.1) is 5.82 Å². The Balaban J connectivity index is 2.05. The summed E-state index contributed by atoms with van der Waals surface area (Å²) >= 11 is 0. The molecule has 3 aromatic rings. The van der Waals surface area contributed by atoms with Gasteiger partial charge in [-0.1, -0.05) is 36.4 Å². The number of nitrogens with two attached hydrogens (primary N) is 2. The van der Waals surface area contributed by atoms with Crippen LogP contribution >= 0.6 is 0 Å². The van der Waals surface area contributed by atoms with Gasteiger partial charge in [-0.25, -0.2) is 4.39 Å². The number of benzene rings is 3. The lowest BCUT2D eigenvalue weighted by Gasteiger charge is -2.14. The molecule has 0 radical (unpaired) electrons. The maximum Gasteiger partial charge on any atom is 0.307 e. The van der Waals surface area contributed by atoms with Crippen molar-refractivity contribution in [2.45, 2.75) is 19.4 Å². The third-order valence-electron chi connectivity index (χ3n) is 5.24. The summed E-state index contributed by atoms with van der Waals surface area (Å²) in [5.41, 5.74) is 14.7. The van der Waals surface area contributed by atoms with Crippen molar-refractivity contribution in [3.63, 3.8) is 0 Å². The van der Waals surface area contributed by atoms with Gasteiger partial charge in [-0.2, -0.15) is 0 Å². The van der Waals surface area contributed by atoms with Crippen LogP contribution in [0.3, 0.4) is 0 Å². The number of carbonyl (C=O) groups is 2. The normalized spacial score (nSPS) is 11.5. The fraction of sp³-hybridized carbons (Fsp3) is 0.148. The number of hydrogen-bond donors (Lipinski definition) is 3. The van der Waals surface area contributed by atoms with Crippen LogP contribution in [0.1, 0.15) is 22.3 Å². The van der Waals surface area contributed by atoms with Gasteiger partial charge in [0.2, 0.25) is 5.91 Å². The van der Waals surface area contributed by atoms with E-state index in [9.17, 15) is 9.59 Å². The van der Waals surface area contributed by atoms with Crippen LogP contribution < -0.4 is 16.2 Å². The molecule has 0 aromatic heterocycles. The Hall–Kier alpha value is -4.46. The molecule has 0 saturated carbocycles. The van der Waals surface area contributed by atoms with Crippen LogP contribution in [0.15, 0.2) is 71.9 Å². The van der Waals surface area contributed by atoms with Crippen molar-refractivity contribution < 1.29 is 23.8 Å². The molecule has 3 aromatic carbocycles. The number of aliphatic imine (C=N–C) groups is 1. The van der Waals surface area contributed by atoms with Crippen LogP contribution in [0.25, 0.3) is 16.7 Å². The van der Waals surface area contributed by atoms with Crippen molar-refractivity contribution >= 4 is 23.7 Å². The molecule has 0 atom stereocenters. The number of halogens is 1. The molecular formula is C27H26FN3O4. The monoisotopic (exact) mass is 475 g/mol. The third kappa shape index (κ3) is 6.54. The molecule has 0 spiro atoms. The van der Waals surface area contributed by atoms with Crippen LogP contribution in [0.5, 0.6) is 5.75 Å². The molecule has 8 heteroatoms. The van der Waals surface area contributed by atoms with Gasteiger partial charge in [-0.15, -0.1) is 0 Å². The minimum Gasteiger partial charge on any atom is -0.489 e. The smallest absolute Gasteiger partial charge is 0.307 e. The van der Waals surface area contributed by atoms with Gasteiger partial charge >= 0.3 is 5.97 Å². The van der Waals surface area contributed by atoms with Crippen LogP contribution in [-0.4, -0.2) is 30.2 Å². The van der Waals surface area contributed by atoms with Gasteiger partial charge in [0.1, 0.15) is 18.2 Å². The van der Waals surface area contributed by atoms with Crippen molar-refractivity contribution in [2.24, 2.45) is 16.5 Å². The van der Waals surface area contributed by atoms with Gasteiger partial charge < -0.3 is 21.3 Å². The minimum atomic E-state index is -0.965. The van der Waals surface area contributed by atoms with Gasteiger partial charge in [-0.05, 0) is 46.5 Å². The Labute approximate surface area is 202 Å². The Morgan fingerprint density at radius 1 is 1.06 bits per heavy atom. The fourth-order valence-corrected chi connectivity index (χ4v) is 3.69. The highest BCUT2D eigenvalue weighted by molar-refractivity contribution is 6.10. The largest absolute Gasteiger partial charge is 0.489 e. The third-order valence-corrected chi connectivity index (χ3v) is 5.24. The fourth-order valence-electron chi connectivity index (χ4n) is 3.69. The number of rotatable bonds is 10. The predicted octanol–water partition coefficient (Wildman–Crippen LogP) is 3.73. The first-order chi connectivity index (χ1) is 16.8. The average molecular weight is 476 g/mol. The first kappa shape index (κ1) is 25.2. The summed E-state index contributed by atoms with van der Waals surface area (Å²) in [4.78, 5) is 26.6. The summed E-state index contributed by atoms with van der Waals surface area (Å²) < 4.78 is 21.2. The van der Waals surface area contributed by atoms with Crippen molar-refractivity contribution in [3.05, 3.63) is 94.9 Å². The Morgan fingerprint density at radius 3 is 2.49 bits per heavy atom. The van der Waals surface area contributed by atoms with E-state index in [0.717, 1.165) is 0 Å². The number of hydrogen-bond acceptors (Lipinski definition) is 5. The lowest BCUT2D eigenvalue weighted by atomic mass is 9.95. The Kier molecular flexibility index (Phi) is 8.34. The van der Waals surface area contributed by atoms with Gasteiger partial charge in [0, 0.05) is 36.2 Å². The summed E-state index contributed by atoms with van der Waals surface area (Å²) in [6.07, 6.45) is 2.60. The lowest BCUT2D eigenvalue weighted by Crippen LogP contribution is -2.14. The van der Waals surface area contributed by atoms with Crippen molar-refractivity contribution in [3.8, 4) is 16.9 Å². The molecule has 0 aliphatic carbocycles. The zero-order valence-corrected chi connectivity index (χ0v) is 19.2. The second kappa shape index (κ2) is 11.6. The number of para-hydroxylation sites is 1. The summed E-state index contributed by atoms with van der Waals surface area (Å²) in [5, 5.41) is 9.17. The zero-order chi connectivity index (χ0) is 25.4. The molecule has 0 unspecified atom stereocenters. The molecule has 1 amide bonds. The topological polar surface area (TPSA) is 128 Å². The molecule has 180 valence electrons. The highest BCUT2D eigenvalue weighted by atomic mass is 19.1. The summed E-state index contributed by atoms with van der Waals surface area (Å²) in [7, 11) is 1.61. The summed E-state index contributed by atoms with van der Waals surface area (Å²) in [6.45, 7) is 0.0984. The molecule has 0 heterocycles. The van der Waals surface area contributed by atoms with Crippen LogP contribution in [0.2, 0.25) is 0 Å². The van der Waals surface area contributed by atoms with E-state index >= 15 is 4.39 Å². The van der Waals surface area contributed by atoms with Crippen molar-refractivity contribution in [1.82, 2.24) is 0 Å². The molecule has 0 bridgehead atoms. The molecule has 0 aliphatic heterocycles. The maximum absolute atomic E-state index is 15.3. The predicted molar refractivity (Wildman–Crippen MR) is 133 cm³/mol. The molecule has 0 aliphatic rings. The average Bonchev–Trinajstić information content (AvgIpc) is 2.82. The Morgan fingerprint density at radius 2 is 1.80 bits per heavy atom. The quantitative estimate of drug-likeness (QED) is 0.385. The number of primary amides is 1. The number of amides is 1. The highest BCUT2D eigenvalue weighted by Crippen LogP contribution is 2.30. The SMILES string of the molecule is CN=C/C(=C\N)c1cc(COc2ccccc2CC(=O)O)cc(-c2cccc(CC(N)=O)c2F)c1. The first-order valence-corrected chi connectivity index (χ1v) is 10.8. The standard InChI is InChI=1S/C27H26FN3O4/c1-31-15-22(14-29)20-9-17(16-35-24-8-3-2-5-18(24)13-26(33)34)10-21(11-20)23-7-4-6-19(27(23)28)12-25(30)32/h2-11,14-15H,12-13,16,29H2,1H3,(H2,30,32)(H,33,34)/b22-14+,31-15?. The molecule has 7 nitrogen and oxygen atoms in total. The van der Waals surface area contributed by atoms with E-state index < -0.39 is 17.7 Å². The van der Waals surface area contributed by atoms with E-state index in [2.05, 4.69) is 4.99 Å². The number of allylic oxidation sites excluding steroid dienone is 1.